The highest BCUT2D eigenvalue weighted by molar-refractivity contribution is 8.00. The number of hydrogen-bond acceptors (Lipinski definition) is 3. The van der Waals surface area contributed by atoms with Gasteiger partial charge in [0, 0.05) is 21.2 Å². The summed E-state index contributed by atoms with van der Waals surface area (Å²) >= 11 is 7.61. The van der Waals surface area contributed by atoms with E-state index in [0.29, 0.717) is 5.02 Å². The van der Waals surface area contributed by atoms with Crippen LogP contribution in [0.1, 0.15) is 25.7 Å². The van der Waals surface area contributed by atoms with E-state index in [1.807, 2.05) is 18.2 Å². The molecule has 2 aromatic rings. The van der Waals surface area contributed by atoms with Gasteiger partial charge in [-0.25, -0.2) is 13.1 Å². The van der Waals surface area contributed by atoms with Gasteiger partial charge in [-0.15, -0.1) is 11.8 Å². The lowest BCUT2D eigenvalue weighted by Gasteiger charge is -2.31. The van der Waals surface area contributed by atoms with Gasteiger partial charge in [0.05, 0.1) is 4.90 Å². The van der Waals surface area contributed by atoms with E-state index in [-0.39, 0.29) is 16.2 Å². The molecule has 24 heavy (non-hydrogen) atoms. The van der Waals surface area contributed by atoms with E-state index in [0.717, 1.165) is 25.7 Å². The lowest BCUT2D eigenvalue weighted by Crippen LogP contribution is -2.43. The standard InChI is InChI=1S/C18H20ClNO2S2/c19-14-10-12-16(13-11-14)24(21,22)20-17-8-4-5-9-18(17)23-15-6-2-1-3-7-15/h1-3,6-7,10-13,17-18,20H,4-5,8-9H2/t17-,18+/m1/s1. The first-order valence-corrected chi connectivity index (χ1v) is 10.8. The third-order valence-corrected chi connectivity index (χ3v) is 7.33. The number of halogens is 1. The Morgan fingerprint density at radius 2 is 1.62 bits per heavy atom. The van der Waals surface area contributed by atoms with Gasteiger partial charge < -0.3 is 0 Å². The quantitative estimate of drug-likeness (QED) is 0.814. The first-order valence-electron chi connectivity index (χ1n) is 8.04. The van der Waals surface area contributed by atoms with Gasteiger partial charge in [-0.1, -0.05) is 42.6 Å². The molecule has 128 valence electrons. The van der Waals surface area contributed by atoms with Crippen molar-refractivity contribution in [3.8, 4) is 0 Å². The molecule has 0 heterocycles. The van der Waals surface area contributed by atoms with Crippen molar-refractivity contribution < 1.29 is 8.42 Å². The summed E-state index contributed by atoms with van der Waals surface area (Å²) in [7, 11) is -3.52. The van der Waals surface area contributed by atoms with E-state index in [1.165, 1.54) is 4.90 Å². The number of sulfonamides is 1. The van der Waals surface area contributed by atoms with Crippen LogP contribution < -0.4 is 4.72 Å². The van der Waals surface area contributed by atoms with Crippen molar-refractivity contribution in [1.82, 2.24) is 4.72 Å². The second-order valence-corrected chi connectivity index (χ2v) is 9.40. The van der Waals surface area contributed by atoms with Gasteiger partial charge in [0.2, 0.25) is 10.0 Å². The molecule has 0 bridgehead atoms. The van der Waals surface area contributed by atoms with Gasteiger partial charge in [0.15, 0.2) is 0 Å². The average Bonchev–Trinajstić information content (AvgIpc) is 2.58. The van der Waals surface area contributed by atoms with Gasteiger partial charge in [-0.3, -0.25) is 0 Å². The number of nitrogens with one attached hydrogen (secondary N) is 1. The molecule has 1 aliphatic rings. The molecular formula is C18H20ClNO2S2. The summed E-state index contributed by atoms with van der Waals surface area (Å²) in [4.78, 5) is 1.45. The van der Waals surface area contributed by atoms with Crippen LogP contribution in [0, 0.1) is 0 Å². The summed E-state index contributed by atoms with van der Waals surface area (Å²) < 4.78 is 28.2. The first-order chi connectivity index (χ1) is 11.5. The third kappa shape index (κ3) is 4.54. The molecule has 3 rings (SSSR count). The van der Waals surface area contributed by atoms with E-state index in [1.54, 1.807) is 36.0 Å². The van der Waals surface area contributed by atoms with Crippen molar-refractivity contribution in [3.63, 3.8) is 0 Å². The Morgan fingerprint density at radius 3 is 2.33 bits per heavy atom. The molecule has 0 unspecified atom stereocenters. The van der Waals surface area contributed by atoms with Crippen molar-refractivity contribution in [1.29, 1.82) is 0 Å². The zero-order valence-electron chi connectivity index (χ0n) is 13.2. The third-order valence-electron chi connectivity index (χ3n) is 4.16. The highest BCUT2D eigenvalue weighted by atomic mass is 35.5. The van der Waals surface area contributed by atoms with Crippen molar-refractivity contribution in [2.75, 3.05) is 0 Å². The van der Waals surface area contributed by atoms with Crippen LogP contribution in [0.5, 0.6) is 0 Å². The van der Waals surface area contributed by atoms with E-state index >= 15 is 0 Å². The minimum absolute atomic E-state index is 0.0513. The van der Waals surface area contributed by atoms with E-state index in [4.69, 9.17) is 11.6 Å². The van der Waals surface area contributed by atoms with Crippen LogP contribution in [0.25, 0.3) is 0 Å². The van der Waals surface area contributed by atoms with Crippen LogP contribution in [0.3, 0.4) is 0 Å². The average molecular weight is 382 g/mol. The maximum absolute atomic E-state index is 12.6. The van der Waals surface area contributed by atoms with Crippen LogP contribution in [-0.4, -0.2) is 19.7 Å². The van der Waals surface area contributed by atoms with E-state index < -0.39 is 10.0 Å². The summed E-state index contributed by atoms with van der Waals surface area (Å²) in [5.41, 5.74) is 0. The SMILES string of the molecule is O=S(=O)(N[C@@H]1CCCC[C@@H]1Sc1ccccc1)c1ccc(Cl)cc1. The minimum Gasteiger partial charge on any atom is -0.207 e. The molecule has 0 aromatic heterocycles. The molecule has 2 aromatic carbocycles. The van der Waals surface area contributed by atoms with Crippen LogP contribution in [0.2, 0.25) is 5.02 Å². The summed E-state index contributed by atoms with van der Waals surface area (Å²) in [5, 5.41) is 0.785. The fourth-order valence-corrected chi connectivity index (χ4v) is 5.77. The summed E-state index contributed by atoms with van der Waals surface area (Å²) in [6, 6.07) is 16.4. The molecule has 1 saturated carbocycles. The molecular weight excluding hydrogens is 362 g/mol. The van der Waals surface area contributed by atoms with Crippen molar-refractivity contribution in [2.45, 2.75) is 46.8 Å². The lowest BCUT2D eigenvalue weighted by atomic mass is 9.96. The highest BCUT2D eigenvalue weighted by Gasteiger charge is 2.30. The number of benzene rings is 2. The molecule has 0 amide bonds. The monoisotopic (exact) mass is 381 g/mol. The summed E-state index contributed by atoms with van der Waals surface area (Å²) in [5.74, 6) is 0. The first kappa shape index (κ1) is 17.8. The molecule has 1 aliphatic carbocycles. The van der Waals surface area contributed by atoms with Crippen LogP contribution in [-0.2, 0) is 10.0 Å². The Balaban J connectivity index is 1.74. The second-order valence-electron chi connectivity index (χ2n) is 5.94. The summed E-state index contributed by atoms with van der Waals surface area (Å²) in [6.07, 6.45) is 4.09. The van der Waals surface area contributed by atoms with Gasteiger partial charge in [-0.05, 0) is 49.2 Å². The minimum atomic E-state index is -3.52. The molecule has 6 heteroatoms. The van der Waals surface area contributed by atoms with Crippen LogP contribution in [0.15, 0.2) is 64.4 Å². The van der Waals surface area contributed by atoms with Gasteiger partial charge in [0.1, 0.15) is 0 Å². The fourth-order valence-electron chi connectivity index (χ4n) is 2.93. The molecule has 1 fully saturated rings. The zero-order chi connectivity index (χ0) is 17.0. The van der Waals surface area contributed by atoms with Crippen LogP contribution in [0.4, 0.5) is 0 Å². The maximum atomic E-state index is 12.6. The fraction of sp³-hybridized carbons (Fsp3) is 0.333. The summed E-state index contributed by atoms with van der Waals surface area (Å²) in [6.45, 7) is 0. The van der Waals surface area contributed by atoms with Gasteiger partial charge >= 0.3 is 0 Å². The molecule has 0 aliphatic heterocycles. The molecule has 3 nitrogen and oxygen atoms in total. The Morgan fingerprint density at radius 1 is 0.958 bits per heavy atom. The lowest BCUT2D eigenvalue weighted by molar-refractivity contribution is 0.423. The number of hydrogen-bond donors (Lipinski definition) is 1. The van der Waals surface area contributed by atoms with Crippen molar-refractivity contribution in [2.24, 2.45) is 0 Å². The van der Waals surface area contributed by atoms with Gasteiger partial charge in [-0.2, -0.15) is 0 Å². The smallest absolute Gasteiger partial charge is 0.207 e. The predicted octanol–water partition coefficient (Wildman–Crippen LogP) is 4.72. The van der Waals surface area contributed by atoms with Crippen molar-refractivity contribution >= 4 is 33.4 Å². The molecule has 1 N–H and O–H groups in total. The topological polar surface area (TPSA) is 46.2 Å². The second kappa shape index (κ2) is 7.91. The Kier molecular flexibility index (Phi) is 5.87. The van der Waals surface area contributed by atoms with E-state index in [2.05, 4.69) is 16.9 Å². The number of thioether (sulfide) groups is 1. The molecule has 0 saturated heterocycles. The van der Waals surface area contributed by atoms with Crippen LogP contribution >= 0.6 is 23.4 Å². The zero-order valence-corrected chi connectivity index (χ0v) is 15.6. The Hall–Kier alpha value is -1.01. The molecule has 0 spiro atoms. The molecule has 2 atom stereocenters. The Bertz CT molecular complexity index is 763. The normalized spacial score (nSPS) is 21.5. The van der Waals surface area contributed by atoms with Crippen molar-refractivity contribution in [3.05, 3.63) is 59.6 Å². The largest absolute Gasteiger partial charge is 0.240 e. The number of rotatable bonds is 5. The van der Waals surface area contributed by atoms with Gasteiger partial charge in [0.25, 0.3) is 0 Å². The highest BCUT2D eigenvalue weighted by Crippen LogP contribution is 2.34. The predicted molar refractivity (Wildman–Crippen MR) is 100 cm³/mol. The maximum Gasteiger partial charge on any atom is 0.240 e. The Labute approximate surface area is 152 Å². The van der Waals surface area contributed by atoms with E-state index in [9.17, 15) is 8.42 Å². The molecule has 0 radical (unpaired) electrons.